The van der Waals surface area contributed by atoms with Gasteiger partial charge in [0.1, 0.15) is 5.75 Å². The molecule has 4 heteroatoms. The number of methoxy groups -OCH3 is 1. The third-order valence-corrected chi connectivity index (χ3v) is 4.20. The van der Waals surface area contributed by atoms with Crippen LogP contribution in [0.4, 0.5) is 0 Å². The van der Waals surface area contributed by atoms with Gasteiger partial charge < -0.3 is 15.2 Å². The zero-order chi connectivity index (χ0) is 18.1. The first-order valence-corrected chi connectivity index (χ1v) is 8.79. The quantitative estimate of drug-likeness (QED) is 0.735. The van der Waals surface area contributed by atoms with Gasteiger partial charge in [0.15, 0.2) is 0 Å². The molecule has 2 aromatic carbocycles. The van der Waals surface area contributed by atoms with Crippen LogP contribution >= 0.6 is 0 Å². The first kappa shape index (κ1) is 19.0. The van der Waals surface area contributed by atoms with Crippen LogP contribution in [0.5, 0.6) is 5.75 Å². The summed E-state index contributed by atoms with van der Waals surface area (Å²) in [5.41, 5.74) is 2.95. The summed E-state index contributed by atoms with van der Waals surface area (Å²) in [4.78, 5) is 12.1. The van der Waals surface area contributed by atoms with Crippen molar-refractivity contribution in [2.75, 3.05) is 13.7 Å². The number of unbranched alkanes of at least 4 members (excludes halogenated alkanes) is 1. The van der Waals surface area contributed by atoms with Crippen LogP contribution in [0.1, 0.15) is 42.6 Å². The maximum absolute atomic E-state index is 12.1. The SMILES string of the molecule is CCCCc1ccc(CC(=O)NCC(O)c2ccccc2OC)cc1. The molecule has 0 saturated heterocycles. The van der Waals surface area contributed by atoms with Crippen LogP contribution in [0.2, 0.25) is 0 Å². The topological polar surface area (TPSA) is 58.6 Å². The molecule has 25 heavy (non-hydrogen) atoms. The van der Waals surface area contributed by atoms with Gasteiger partial charge in [0.25, 0.3) is 0 Å². The Morgan fingerprint density at radius 2 is 1.80 bits per heavy atom. The average Bonchev–Trinajstić information content (AvgIpc) is 2.65. The smallest absolute Gasteiger partial charge is 0.224 e. The van der Waals surface area contributed by atoms with Crippen molar-refractivity contribution >= 4 is 5.91 Å². The number of para-hydroxylation sites is 1. The monoisotopic (exact) mass is 341 g/mol. The van der Waals surface area contributed by atoms with E-state index in [-0.39, 0.29) is 12.5 Å². The Kier molecular flexibility index (Phi) is 7.48. The second kappa shape index (κ2) is 9.84. The lowest BCUT2D eigenvalue weighted by Crippen LogP contribution is -2.29. The molecule has 0 aliphatic heterocycles. The molecule has 0 saturated carbocycles. The molecule has 134 valence electrons. The molecular weight excluding hydrogens is 314 g/mol. The van der Waals surface area contributed by atoms with Gasteiger partial charge in [-0.2, -0.15) is 0 Å². The van der Waals surface area contributed by atoms with Gasteiger partial charge in [-0.25, -0.2) is 0 Å². The Morgan fingerprint density at radius 3 is 2.48 bits per heavy atom. The van der Waals surface area contributed by atoms with Gasteiger partial charge in [-0.3, -0.25) is 4.79 Å². The van der Waals surface area contributed by atoms with E-state index < -0.39 is 6.10 Å². The van der Waals surface area contributed by atoms with Crippen LogP contribution in [-0.4, -0.2) is 24.7 Å². The van der Waals surface area contributed by atoms with Crippen molar-refractivity contribution in [1.29, 1.82) is 0 Å². The third-order valence-electron chi connectivity index (χ3n) is 4.20. The number of hydrogen-bond donors (Lipinski definition) is 2. The lowest BCUT2D eigenvalue weighted by Gasteiger charge is -2.15. The number of carbonyl (C=O) groups is 1. The predicted molar refractivity (Wildman–Crippen MR) is 99.7 cm³/mol. The Balaban J connectivity index is 1.84. The van der Waals surface area contributed by atoms with Crippen molar-refractivity contribution in [1.82, 2.24) is 5.32 Å². The molecule has 0 radical (unpaired) electrons. The largest absolute Gasteiger partial charge is 0.496 e. The zero-order valence-corrected chi connectivity index (χ0v) is 15.0. The number of carbonyl (C=O) groups excluding carboxylic acids is 1. The molecule has 2 aromatic rings. The van der Waals surface area contributed by atoms with Crippen molar-refractivity contribution in [2.24, 2.45) is 0 Å². The molecule has 0 spiro atoms. The normalized spacial score (nSPS) is 11.8. The van der Waals surface area contributed by atoms with Crippen molar-refractivity contribution in [3.05, 3.63) is 65.2 Å². The number of aliphatic hydroxyl groups is 1. The van der Waals surface area contributed by atoms with E-state index in [1.165, 1.54) is 18.4 Å². The van der Waals surface area contributed by atoms with E-state index in [0.717, 1.165) is 12.0 Å². The highest BCUT2D eigenvalue weighted by Gasteiger charge is 2.14. The molecule has 1 amide bonds. The molecule has 0 heterocycles. The zero-order valence-electron chi connectivity index (χ0n) is 15.0. The van der Waals surface area contributed by atoms with Gasteiger partial charge >= 0.3 is 0 Å². The Hall–Kier alpha value is -2.33. The average molecular weight is 341 g/mol. The second-order valence-electron chi connectivity index (χ2n) is 6.16. The minimum absolute atomic E-state index is 0.102. The Morgan fingerprint density at radius 1 is 1.12 bits per heavy atom. The van der Waals surface area contributed by atoms with E-state index in [1.807, 2.05) is 24.3 Å². The molecule has 1 atom stereocenters. The number of hydrogen-bond acceptors (Lipinski definition) is 3. The molecule has 2 rings (SSSR count). The van der Waals surface area contributed by atoms with Gasteiger partial charge in [-0.15, -0.1) is 0 Å². The van der Waals surface area contributed by atoms with Crippen LogP contribution in [0.25, 0.3) is 0 Å². The number of rotatable bonds is 9. The standard InChI is InChI=1S/C21H27NO3/c1-3-4-7-16-10-12-17(13-11-16)14-21(24)22-15-19(23)18-8-5-6-9-20(18)25-2/h5-6,8-13,19,23H,3-4,7,14-15H2,1-2H3,(H,22,24). The molecule has 0 aromatic heterocycles. The molecule has 0 aliphatic rings. The molecule has 0 aliphatic carbocycles. The van der Waals surface area contributed by atoms with Gasteiger partial charge in [0, 0.05) is 12.1 Å². The number of amides is 1. The van der Waals surface area contributed by atoms with E-state index in [4.69, 9.17) is 4.74 Å². The lowest BCUT2D eigenvalue weighted by atomic mass is 10.0. The summed E-state index contributed by atoms with van der Waals surface area (Å²) >= 11 is 0. The highest BCUT2D eigenvalue weighted by Crippen LogP contribution is 2.24. The summed E-state index contributed by atoms with van der Waals surface area (Å²) in [6.07, 6.45) is 2.96. The summed E-state index contributed by atoms with van der Waals surface area (Å²) < 4.78 is 5.24. The van der Waals surface area contributed by atoms with Crippen molar-refractivity contribution in [2.45, 2.75) is 38.7 Å². The molecular formula is C21H27NO3. The second-order valence-corrected chi connectivity index (χ2v) is 6.16. The number of aliphatic hydroxyl groups excluding tert-OH is 1. The molecule has 4 nitrogen and oxygen atoms in total. The van der Waals surface area contributed by atoms with Crippen LogP contribution in [0.3, 0.4) is 0 Å². The predicted octanol–water partition coefficient (Wildman–Crippen LogP) is 3.43. The van der Waals surface area contributed by atoms with Crippen LogP contribution in [0, 0.1) is 0 Å². The van der Waals surface area contributed by atoms with Crippen molar-refractivity contribution in [3.63, 3.8) is 0 Å². The number of benzene rings is 2. The van der Waals surface area contributed by atoms with E-state index in [1.54, 1.807) is 19.2 Å². The lowest BCUT2D eigenvalue weighted by molar-refractivity contribution is -0.120. The summed E-state index contributed by atoms with van der Waals surface area (Å²) in [5.74, 6) is 0.516. The van der Waals surface area contributed by atoms with E-state index in [2.05, 4.69) is 24.4 Å². The maximum Gasteiger partial charge on any atom is 0.224 e. The molecule has 0 bridgehead atoms. The fraction of sp³-hybridized carbons (Fsp3) is 0.381. The minimum Gasteiger partial charge on any atom is -0.496 e. The summed E-state index contributed by atoms with van der Waals surface area (Å²) in [5, 5.41) is 13.1. The van der Waals surface area contributed by atoms with Crippen molar-refractivity contribution in [3.8, 4) is 5.75 Å². The first-order valence-electron chi connectivity index (χ1n) is 8.79. The minimum atomic E-state index is -0.795. The molecule has 1 unspecified atom stereocenters. The molecule has 0 fully saturated rings. The first-order chi connectivity index (χ1) is 12.1. The van der Waals surface area contributed by atoms with Crippen LogP contribution in [-0.2, 0) is 17.6 Å². The highest BCUT2D eigenvalue weighted by molar-refractivity contribution is 5.78. The summed E-state index contributed by atoms with van der Waals surface area (Å²) in [6.45, 7) is 2.34. The van der Waals surface area contributed by atoms with Gasteiger partial charge in [-0.1, -0.05) is 55.8 Å². The number of ether oxygens (including phenoxy) is 1. The number of aryl methyl sites for hydroxylation is 1. The van der Waals surface area contributed by atoms with Gasteiger partial charge in [0.2, 0.25) is 5.91 Å². The molecule has 2 N–H and O–H groups in total. The van der Waals surface area contributed by atoms with E-state index in [9.17, 15) is 9.90 Å². The fourth-order valence-electron chi connectivity index (χ4n) is 2.71. The van der Waals surface area contributed by atoms with E-state index >= 15 is 0 Å². The van der Waals surface area contributed by atoms with Gasteiger partial charge in [0.05, 0.1) is 19.6 Å². The third kappa shape index (κ3) is 5.91. The summed E-state index contributed by atoms with van der Waals surface area (Å²) in [7, 11) is 1.56. The van der Waals surface area contributed by atoms with Crippen LogP contribution < -0.4 is 10.1 Å². The van der Waals surface area contributed by atoms with Crippen molar-refractivity contribution < 1.29 is 14.6 Å². The van der Waals surface area contributed by atoms with Crippen LogP contribution in [0.15, 0.2) is 48.5 Å². The maximum atomic E-state index is 12.1. The Labute approximate surface area is 149 Å². The fourth-order valence-corrected chi connectivity index (χ4v) is 2.71. The Bertz CT molecular complexity index is 667. The summed E-state index contributed by atoms with van der Waals surface area (Å²) in [6, 6.07) is 15.4. The number of nitrogens with one attached hydrogen (secondary N) is 1. The van der Waals surface area contributed by atoms with Gasteiger partial charge in [-0.05, 0) is 30.0 Å². The highest BCUT2D eigenvalue weighted by atomic mass is 16.5. The van der Waals surface area contributed by atoms with E-state index in [0.29, 0.717) is 17.7 Å².